The van der Waals surface area contributed by atoms with Gasteiger partial charge in [-0.1, -0.05) is 0 Å². The van der Waals surface area contributed by atoms with Crippen LogP contribution in [0.25, 0.3) is 5.57 Å². The predicted octanol–water partition coefficient (Wildman–Crippen LogP) is 2.17. The largest absolute Gasteiger partial charge is 0.477 e. The molecule has 1 aliphatic rings. The molecule has 1 aromatic rings. The molecule has 2 rings (SSSR count). The number of thiophene rings is 1. The van der Waals surface area contributed by atoms with E-state index in [1.54, 1.807) is 13.0 Å². The fourth-order valence-electron chi connectivity index (χ4n) is 1.25. The van der Waals surface area contributed by atoms with Crippen LogP contribution in [0.3, 0.4) is 0 Å². The molecule has 0 saturated carbocycles. The lowest BCUT2D eigenvalue weighted by Gasteiger charge is -1.93. The minimum atomic E-state index is -0.996. The Morgan fingerprint density at radius 2 is 2.13 bits per heavy atom. The van der Waals surface area contributed by atoms with E-state index in [-0.39, 0.29) is 4.88 Å². The van der Waals surface area contributed by atoms with Gasteiger partial charge in [0.1, 0.15) is 4.88 Å². The maximum Gasteiger partial charge on any atom is 0.345 e. The number of rotatable bonds is 2. The van der Waals surface area contributed by atoms with Crippen molar-refractivity contribution in [3.63, 3.8) is 0 Å². The molecule has 0 atom stereocenters. The number of nitrogens with zero attached hydrogens (tertiary/aromatic N) is 2. The number of carbonyl (C=O) groups excluding carboxylic acids is 1. The number of hydrogen-bond donors (Lipinski definition) is 1. The number of carboxylic acids is 1. The Kier molecular flexibility index (Phi) is 2.20. The number of carbonyl (C=O) groups is 2. The molecule has 2 heterocycles. The van der Waals surface area contributed by atoms with Crippen LogP contribution < -0.4 is 0 Å². The number of hydrogen-bond acceptors (Lipinski definition) is 4. The van der Waals surface area contributed by atoms with E-state index in [0.29, 0.717) is 16.1 Å². The smallest absolute Gasteiger partial charge is 0.345 e. The van der Waals surface area contributed by atoms with Crippen molar-refractivity contribution in [2.75, 3.05) is 0 Å². The van der Waals surface area contributed by atoms with Crippen LogP contribution in [0.1, 0.15) is 21.5 Å². The van der Waals surface area contributed by atoms with E-state index >= 15 is 0 Å². The van der Waals surface area contributed by atoms with Gasteiger partial charge in [0.15, 0.2) is 0 Å². The van der Waals surface area contributed by atoms with E-state index in [2.05, 4.69) is 10.2 Å². The van der Waals surface area contributed by atoms with Crippen molar-refractivity contribution in [3.05, 3.63) is 27.6 Å². The van der Waals surface area contributed by atoms with Crippen LogP contribution in [0.2, 0.25) is 0 Å². The maximum absolute atomic E-state index is 11.3. The normalized spacial score (nSPS) is 15.1. The first kappa shape index (κ1) is 9.72. The first-order valence-corrected chi connectivity index (χ1v) is 4.91. The Morgan fingerprint density at radius 1 is 1.40 bits per heavy atom. The number of amides is 1. The number of aromatic carboxylic acids is 1. The molecule has 15 heavy (non-hydrogen) atoms. The van der Waals surface area contributed by atoms with Crippen molar-refractivity contribution >= 4 is 28.8 Å². The molecule has 6 heteroatoms. The van der Waals surface area contributed by atoms with Crippen LogP contribution in [0, 0.1) is 0 Å². The summed E-state index contributed by atoms with van der Waals surface area (Å²) in [5.41, 5.74) is 0.922. The molecule has 5 nitrogen and oxygen atoms in total. The summed E-state index contributed by atoms with van der Waals surface area (Å²) in [6.45, 7) is 1.67. The van der Waals surface area contributed by atoms with Crippen molar-refractivity contribution in [1.29, 1.82) is 0 Å². The summed E-state index contributed by atoms with van der Waals surface area (Å²) in [5, 5.41) is 15.8. The minimum absolute atomic E-state index is 0.199. The van der Waals surface area contributed by atoms with E-state index in [1.807, 2.05) is 0 Å². The molecule has 0 aromatic carbocycles. The van der Waals surface area contributed by atoms with Gasteiger partial charge in [0.2, 0.25) is 0 Å². The zero-order valence-corrected chi connectivity index (χ0v) is 8.54. The second kappa shape index (κ2) is 3.39. The van der Waals surface area contributed by atoms with Gasteiger partial charge in [-0.3, -0.25) is 4.79 Å². The Hall–Kier alpha value is -1.82. The first-order valence-electron chi connectivity index (χ1n) is 4.10. The second-order valence-electron chi connectivity index (χ2n) is 2.93. The Bertz CT molecular complexity index is 513. The molecule has 0 radical (unpaired) electrons. The highest BCUT2D eigenvalue weighted by Gasteiger charge is 2.22. The third kappa shape index (κ3) is 1.59. The quantitative estimate of drug-likeness (QED) is 0.832. The van der Waals surface area contributed by atoms with E-state index in [4.69, 9.17) is 5.11 Å². The summed E-state index contributed by atoms with van der Waals surface area (Å²) in [4.78, 5) is 22.8. The minimum Gasteiger partial charge on any atom is -0.477 e. The van der Waals surface area contributed by atoms with Crippen LogP contribution in [0.4, 0.5) is 0 Å². The lowest BCUT2D eigenvalue weighted by Crippen LogP contribution is -1.92. The first-order chi connectivity index (χ1) is 7.09. The van der Waals surface area contributed by atoms with Gasteiger partial charge >= 0.3 is 5.97 Å². The highest BCUT2D eigenvalue weighted by Crippen LogP contribution is 2.31. The average Bonchev–Trinajstić information content (AvgIpc) is 2.73. The topological polar surface area (TPSA) is 79.1 Å². The van der Waals surface area contributed by atoms with Gasteiger partial charge in [0, 0.05) is 4.88 Å². The molecule has 0 unspecified atom stereocenters. The molecule has 0 fully saturated rings. The van der Waals surface area contributed by atoms with E-state index in [9.17, 15) is 9.59 Å². The Balaban J connectivity index is 2.43. The van der Waals surface area contributed by atoms with Crippen molar-refractivity contribution < 1.29 is 14.7 Å². The van der Waals surface area contributed by atoms with Crippen LogP contribution in [-0.4, -0.2) is 17.0 Å². The Labute approximate surface area is 88.8 Å². The molecule has 1 aliphatic heterocycles. The third-order valence-electron chi connectivity index (χ3n) is 1.93. The van der Waals surface area contributed by atoms with Crippen LogP contribution >= 0.6 is 11.3 Å². The monoisotopic (exact) mass is 222 g/mol. The van der Waals surface area contributed by atoms with Gasteiger partial charge in [0.05, 0.1) is 11.3 Å². The summed E-state index contributed by atoms with van der Waals surface area (Å²) in [6, 6.07) is 3.06. The summed E-state index contributed by atoms with van der Waals surface area (Å²) in [5.74, 6) is -1.41. The van der Waals surface area contributed by atoms with Gasteiger partial charge in [-0.15, -0.1) is 16.5 Å². The lowest BCUT2D eigenvalue weighted by atomic mass is 10.2. The van der Waals surface area contributed by atoms with Gasteiger partial charge in [-0.2, -0.15) is 5.11 Å². The Morgan fingerprint density at radius 3 is 2.60 bits per heavy atom. The van der Waals surface area contributed by atoms with Crippen LogP contribution in [0.5, 0.6) is 0 Å². The van der Waals surface area contributed by atoms with Crippen LogP contribution in [-0.2, 0) is 4.79 Å². The predicted molar refractivity (Wildman–Crippen MR) is 53.7 cm³/mol. The van der Waals surface area contributed by atoms with Gasteiger partial charge in [0.25, 0.3) is 5.91 Å². The number of carboxylic acid groups (broad SMARTS) is 1. The molecule has 1 aromatic heterocycles. The molecule has 1 amide bonds. The summed E-state index contributed by atoms with van der Waals surface area (Å²) >= 11 is 1.05. The number of azo groups is 1. The maximum atomic E-state index is 11.3. The van der Waals surface area contributed by atoms with Crippen molar-refractivity contribution in [2.45, 2.75) is 6.92 Å². The van der Waals surface area contributed by atoms with Gasteiger partial charge < -0.3 is 5.11 Å². The third-order valence-corrected chi connectivity index (χ3v) is 3.02. The van der Waals surface area contributed by atoms with E-state index in [1.165, 1.54) is 6.07 Å². The van der Waals surface area contributed by atoms with Crippen LogP contribution in [0.15, 0.2) is 28.1 Å². The molecule has 0 spiro atoms. The van der Waals surface area contributed by atoms with Gasteiger partial charge in [-0.25, -0.2) is 4.79 Å². The van der Waals surface area contributed by atoms with Crippen molar-refractivity contribution in [1.82, 2.24) is 0 Å². The molecule has 76 valence electrons. The zero-order valence-electron chi connectivity index (χ0n) is 7.72. The lowest BCUT2D eigenvalue weighted by molar-refractivity contribution is -0.112. The van der Waals surface area contributed by atoms with Crippen molar-refractivity contribution in [3.8, 4) is 0 Å². The highest BCUT2D eigenvalue weighted by atomic mass is 32.1. The summed E-state index contributed by atoms with van der Waals surface area (Å²) in [7, 11) is 0. The highest BCUT2D eigenvalue weighted by molar-refractivity contribution is 7.15. The summed E-state index contributed by atoms with van der Waals surface area (Å²) < 4.78 is 0. The van der Waals surface area contributed by atoms with Crippen molar-refractivity contribution in [2.24, 2.45) is 10.2 Å². The average molecular weight is 222 g/mol. The molecule has 1 N–H and O–H groups in total. The van der Waals surface area contributed by atoms with Gasteiger partial charge in [-0.05, 0) is 19.1 Å². The zero-order chi connectivity index (χ0) is 11.0. The second-order valence-corrected chi connectivity index (χ2v) is 4.02. The fourth-order valence-corrected chi connectivity index (χ4v) is 2.18. The molecule has 0 saturated heterocycles. The standard InChI is InChI=1S/C9H6N2O3S/c1-4-7(8(12)11-10-4)5-2-3-6(15-5)9(13)14/h2-3H,1H3,(H,13,14). The molecule has 0 bridgehead atoms. The number of allylic oxidation sites excluding steroid dienone is 1. The molecule has 0 aliphatic carbocycles. The fraction of sp³-hybridized carbons (Fsp3) is 0.111. The SMILES string of the molecule is CC1=C(c2ccc(C(=O)O)s2)C(=O)N=N1. The van der Waals surface area contributed by atoms with E-state index in [0.717, 1.165) is 11.3 Å². The molecular formula is C9H6N2O3S. The molecular weight excluding hydrogens is 216 g/mol. The summed E-state index contributed by atoms with van der Waals surface area (Å²) in [6.07, 6.45) is 0. The van der Waals surface area contributed by atoms with E-state index < -0.39 is 11.9 Å².